The van der Waals surface area contributed by atoms with Gasteiger partial charge in [0.15, 0.2) is 0 Å². The van der Waals surface area contributed by atoms with Gasteiger partial charge in [0, 0.05) is 24.8 Å². The highest BCUT2D eigenvalue weighted by Gasteiger charge is 2.20. The highest BCUT2D eigenvalue weighted by Crippen LogP contribution is 2.19. The summed E-state index contributed by atoms with van der Waals surface area (Å²) in [6, 6.07) is 18.4. The number of piperidine rings is 1. The van der Waals surface area contributed by atoms with Crippen molar-refractivity contribution in [1.82, 2.24) is 10.6 Å². The Morgan fingerprint density at radius 2 is 1.77 bits per heavy atom. The summed E-state index contributed by atoms with van der Waals surface area (Å²) in [7, 11) is 0. The van der Waals surface area contributed by atoms with Gasteiger partial charge >= 0.3 is 6.03 Å². The van der Waals surface area contributed by atoms with E-state index in [1.807, 2.05) is 37.3 Å². The molecule has 0 bridgehead atoms. The van der Waals surface area contributed by atoms with Gasteiger partial charge in [0.25, 0.3) is 0 Å². The highest BCUT2D eigenvalue weighted by molar-refractivity contribution is 5.74. The Hall–Kier alpha value is -2.69. The number of amides is 2. The Labute approximate surface area is 155 Å². The number of anilines is 1. The Bertz CT molecular complexity index is 697. The first-order chi connectivity index (χ1) is 12.7. The first kappa shape index (κ1) is 18.1. The summed E-state index contributed by atoms with van der Waals surface area (Å²) < 4.78 is 5.69. The minimum absolute atomic E-state index is 0.114. The molecule has 2 N–H and O–H groups in total. The lowest BCUT2D eigenvalue weighted by molar-refractivity contribution is 0.230. The highest BCUT2D eigenvalue weighted by atomic mass is 16.5. The van der Waals surface area contributed by atoms with E-state index in [2.05, 4.69) is 39.8 Å². The van der Waals surface area contributed by atoms with Gasteiger partial charge in [-0.05, 0) is 43.5 Å². The fraction of sp³-hybridized carbons (Fsp3) is 0.381. The third-order valence-corrected chi connectivity index (χ3v) is 4.69. The average molecular weight is 353 g/mol. The summed E-state index contributed by atoms with van der Waals surface area (Å²) >= 11 is 0. The second-order valence-electron chi connectivity index (χ2n) is 6.61. The number of benzene rings is 2. The lowest BCUT2D eigenvalue weighted by Gasteiger charge is -2.33. The minimum atomic E-state index is -0.114. The van der Waals surface area contributed by atoms with Crippen LogP contribution in [0.1, 0.15) is 18.4 Å². The number of nitrogens with one attached hydrogen (secondary N) is 2. The molecule has 5 nitrogen and oxygen atoms in total. The molecular formula is C21H27N3O2. The number of ether oxygens (including phenoxy) is 1. The second kappa shape index (κ2) is 9.13. The first-order valence-electron chi connectivity index (χ1n) is 9.25. The normalized spacial score (nSPS) is 14.7. The van der Waals surface area contributed by atoms with Crippen LogP contribution < -0.4 is 20.3 Å². The van der Waals surface area contributed by atoms with E-state index in [1.165, 1.54) is 5.69 Å². The van der Waals surface area contributed by atoms with Crippen LogP contribution in [0.2, 0.25) is 0 Å². The van der Waals surface area contributed by atoms with Crippen molar-refractivity contribution in [2.45, 2.75) is 25.8 Å². The minimum Gasteiger partial charge on any atom is -0.491 e. The Balaban J connectivity index is 1.32. The van der Waals surface area contributed by atoms with Gasteiger partial charge in [-0.1, -0.05) is 36.4 Å². The van der Waals surface area contributed by atoms with Crippen LogP contribution in [0.4, 0.5) is 10.5 Å². The van der Waals surface area contributed by atoms with E-state index in [-0.39, 0.29) is 12.1 Å². The van der Waals surface area contributed by atoms with E-state index in [9.17, 15) is 4.79 Å². The molecule has 0 spiro atoms. The summed E-state index contributed by atoms with van der Waals surface area (Å²) in [5, 5.41) is 5.94. The number of urea groups is 1. The van der Waals surface area contributed by atoms with Crippen LogP contribution in [0.15, 0.2) is 54.6 Å². The third-order valence-electron chi connectivity index (χ3n) is 4.69. The Morgan fingerprint density at radius 3 is 2.50 bits per heavy atom. The second-order valence-corrected chi connectivity index (χ2v) is 6.61. The quantitative estimate of drug-likeness (QED) is 0.783. The SMILES string of the molecule is Cc1ccccc1OCCNC(=O)NC1CCN(c2ccccc2)CC1. The third kappa shape index (κ3) is 5.15. The summed E-state index contributed by atoms with van der Waals surface area (Å²) in [5.74, 6) is 0.864. The van der Waals surface area contributed by atoms with Gasteiger partial charge in [0.1, 0.15) is 12.4 Å². The molecule has 26 heavy (non-hydrogen) atoms. The predicted molar refractivity (Wildman–Crippen MR) is 105 cm³/mol. The van der Waals surface area contributed by atoms with Crippen LogP contribution in [0.5, 0.6) is 5.75 Å². The fourth-order valence-corrected chi connectivity index (χ4v) is 3.20. The molecule has 138 valence electrons. The first-order valence-corrected chi connectivity index (χ1v) is 9.25. The van der Waals surface area contributed by atoms with Crippen molar-refractivity contribution < 1.29 is 9.53 Å². The lowest BCUT2D eigenvalue weighted by Crippen LogP contribution is -2.48. The van der Waals surface area contributed by atoms with E-state index in [0.717, 1.165) is 37.2 Å². The van der Waals surface area contributed by atoms with E-state index < -0.39 is 0 Å². The lowest BCUT2D eigenvalue weighted by atomic mass is 10.0. The summed E-state index contributed by atoms with van der Waals surface area (Å²) in [6.45, 7) is 4.89. The molecule has 0 atom stereocenters. The molecule has 1 heterocycles. The number of para-hydroxylation sites is 2. The maximum Gasteiger partial charge on any atom is 0.315 e. The van der Waals surface area contributed by atoms with Gasteiger partial charge in [0.05, 0.1) is 6.54 Å². The Morgan fingerprint density at radius 1 is 1.08 bits per heavy atom. The number of aryl methyl sites for hydroxylation is 1. The van der Waals surface area contributed by atoms with Gasteiger partial charge in [0.2, 0.25) is 0 Å². The zero-order chi connectivity index (χ0) is 18.2. The van der Waals surface area contributed by atoms with Crippen molar-refractivity contribution in [2.75, 3.05) is 31.1 Å². The van der Waals surface area contributed by atoms with Crippen LogP contribution in [0.25, 0.3) is 0 Å². The molecule has 5 heteroatoms. The number of carbonyl (C=O) groups is 1. The van der Waals surface area contributed by atoms with E-state index in [4.69, 9.17) is 4.74 Å². The molecule has 0 unspecified atom stereocenters. The van der Waals surface area contributed by atoms with Crippen LogP contribution in [-0.4, -0.2) is 38.3 Å². The molecule has 0 aromatic heterocycles. The maximum absolute atomic E-state index is 12.0. The monoisotopic (exact) mass is 353 g/mol. The molecule has 1 aliphatic rings. The predicted octanol–water partition coefficient (Wildman–Crippen LogP) is 3.34. The topological polar surface area (TPSA) is 53.6 Å². The number of hydrogen-bond donors (Lipinski definition) is 2. The number of hydrogen-bond acceptors (Lipinski definition) is 3. The average Bonchev–Trinajstić information content (AvgIpc) is 2.68. The molecule has 2 aromatic rings. The van der Waals surface area contributed by atoms with Crippen LogP contribution in [-0.2, 0) is 0 Å². The van der Waals surface area contributed by atoms with E-state index in [1.54, 1.807) is 0 Å². The van der Waals surface area contributed by atoms with Crippen LogP contribution in [0, 0.1) is 6.92 Å². The zero-order valence-electron chi connectivity index (χ0n) is 15.3. The molecule has 0 saturated carbocycles. The summed E-state index contributed by atoms with van der Waals surface area (Å²) in [5.41, 5.74) is 2.35. The van der Waals surface area contributed by atoms with Gasteiger partial charge in [-0.2, -0.15) is 0 Å². The zero-order valence-corrected chi connectivity index (χ0v) is 15.3. The standard InChI is InChI=1S/C21H27N3O2/c1-17-7-5-6-10-20(17)26-16-13-22-21(25)23-18-11-14-24(15-12-18)19-8-3-2-4-9-19/h2-10,18H,11-16H2,1H3,(H2,22,23,25). The van der Waals surface area contributed by atoms with E-state index in [0.29, 0.717) is 13.2 Å². The van der Waals surface area contributed by atoms with Crippen LogP contribution >= 0.6 is 0 Å². The molecule has 0 aliphatic carbocycles. The van der Waals surface area contributed by atoms with Crippen molar-refractivity contribution in [3.63, 3.8) is 0 Å². The maximum atomic E-state index is 12.0. The van der Waals surface area contributed by atoms with Gasteiger partial charge in [-0.15, -0.1) is 0 Å². The largest absolute Gasteiger partial charge is 0.491 e. The van der Waals surface area contributed by atoms with Gasteiger partial charge in [-0.25, -0.2) is 4.79 Å². The molecule has 1 saturated heterocycles. The number of rotatable bonds is 6. The number of nitrogens with zero attached hydrogens (tertiary/aromatic N) is 1. The molecule has 1 fully saturated rings. The van der Waals surface area contributed by atoms with E-state index >= 15 is 0 Å². The molecule has 0 radical (unpaired) electrons. The smallest absolute Gasteiger partial charge is 0.315 e. The molecule has 2 aromatic carbocycles. The van der Waals surface area contributed by atoms with Crippen LogP contribution in [0.3, 0.4) is 0 Å². The van der Waals surface area contributed by atoms with Crippen molar-refractivity contribution in [3.05, 3.63) is 60.2 Å². The summed E-state index contributed by atoms with van der Waals surface area (Å²) in [4.78, 5) is 14.4. The molecule has 3 rings (SSSR count). The molecule has 2 amide bonds. The van der Waals surface area contributed by atoms with Crippen molar-refractivity contribution in [2.24, 2.45) is 0 Å². The van der Waals surface area contributed by atoms with Gasteiger partial charge < -0.3 is 20.3 Å². The number of carbonyl (C=O) groups excluding carboxylic acids is 1. The summed E-state index contributed by atoms with van der Waals surface area (Å²) in [6.07, 6.45) is 1.92. The van der Waals surface area contributed by atoms with Crippen molar-refractivity contribution in [3.8, 4) is 5.75 Å². The fourth-order valence-electron chi connectivity index (χ4n) is 3.20. The van der Waals surface area contributed by atoms with Gasteiger partial charge in [-0.3, -0.25) is 0 Å². The Kier molecular flexibility index (Phi) is 6.36. The molecule has 1 aliphatic heterocycles. The van der Waals surface area contributed by atoms with Crippen molar-refractivity contribution >= 4 is 11.7 Å². The van der Waals surface area contributed by atoms with Crippen molar-refractivity contribution in [1.29, 1.82) is 0 Å². The molecular weight excluding hydrogens is 326 g/mol.